The molecular formula is C14H16N2O4. The Morgan fingerprint density at radius 1 is 1.25 bits per heavy atom. The molecule has 0 saturated carbocycles. The number of amides is 3. The number of carbonyl (C=O) groups is 3. The Hall–Kier alpha value is -2.63. The lowest BCUT2D eigenvalue weighted by Crippen LogP contribution is -2.41. The fourth-order valence-corrected chi connectivity index (χ4v) is 1.31. The van der Waals surface area contributed by atoms with Gasteiger partial charge in [0.1, 0.15) is 5.75 Å². The molecule has 106 valence electrons. The van der Waals surface area contributed by atoms with Crippen LogP contribution in [0.25, 0.3) is 0 Å². The van der Waals surface area contributed by atoms with Gasteiger partial charge in [-0.05, 0) is 31.2 Å². The summed E-state index contributed by atoms with van der Waals surface area (Å²) in [4.78, 5) is 33.6. The van der Waals surface area contributed by atoms with E-state index in [1.165, 1.54) is 13.0 Å². The third-order valence-electron chi connectivity index (χ3n) is 2.29. The number of carbonyl (C=O) groups excluding carboxylic acids is 3. The standard InChI is InChI=1S/C14H16N2O4/c1-3-8-15-14(19)16-13(18)9-20-12-6-4-11(5-7-12)10(2)17/h3-7H,1,8-9H2,2H3,(H2,15,16,18,19). The van der Waals surface area contributed by atoms with E-state index in [4.69, 9.17) is 4.74 Å². The van der Waals surface area contributed by atoms with Crippen molar-refractivity contribution in [2.75, 3.05) is 13.2 Å². The number of benzene rings is 1. The summed E-state index contributed by atoms with van der Waals surface area (Å²) < 4.78 is 5.18. The van der Waals surface area contributed by atoms with Gasteiger partial charge in [-0.25, -0.2) is 4.79 Å². The van der Waals surface area contributed by atoms with Crippen LogP contribution in [-0.2, 0) is 4.79 Å². The average Bonchev–Trinajstić information content (AvgIpc) is 2.43. The van der Waals surface area contributed by atoms with Crippen LogP contribution in [-0.4, -0.2) is 30.9 Å². The fourth-order valence-electron chi connectivity index (χ4n) is 1.31. The Kier molecular flexibility index (Phi) is 5.96. The maximum absolute atomic E-state index is 11.4. The largest absolute Gasteiger partial charge is 0.484 e. The average molecular weight is 276 g/mol. The van der Waals surface area contributed by atoms with Gasteiger partial charge in [0.2, 0.25) is 0 Å². The van der Waals surface area contributed by atoms with Gasteiger partial charge in [-0.3, -0.25) is 14.9 Å². The van der Waals surface area contributed by atoms with Gasteiger partial charge in [0.05, 0.1) is 0 Å². The normalized spacial score (nSPS) is 9.45. The van der Waals surface area contributed by atoms with E-state index in [-0.39, 0.29) is 18.9 Å². The summed E-state index contributed by atoms with van der Waals surface area (Å²) in [6.07, 6.45) is 1.50. The number of imide groups is 1. The minimum atomic E-state index is -0.606. The van der Waals surface area contributed by atoms with Crippen molar-refractivity contribution in [2.45, 2.75) is 6.92 Å². The molecular weight excluding hydrogens is 260 g/mol. The lowest BCUT2D eigenvalue weighted by atomic mass is 10.1. The van der Waals surface area contributed by atoms with Crippen molar-refractivity contribution in [3.8, 4) is 5.75 Å². The lowest BCUT2D eigenvalue weighted by molar-refractivity contribution is -0.122. The monoisotopic (exact) mass is 276 g/mol. The molecule has 0 heterocycles. The van der Waals surface area contributed by atoms with E-state index in [1.54, 1.807) is 24.3 Å². The van der Waals surface area contributed by atoms with Gasteiger partial charge >= 0.3 is 6.03 Å². The van der Waals surface area contributed by atoms with Crippen molar-refractivity contribution in [1.29, 1.82) is 0 Å². The number of ketones is 1. The number of urea groups is 1. The summed E-state index contributed by atoms with van der Waals surface area (Å²) in [5.41, 5.74) is 0.561. The summed E-state index contributed by atoms with van der Waals surface area (Å²) in [6, 6.07) is 5.77. The van der Waals surface area contributed by atoms with E-state index in [0.717, 1.165) is 0 Å². The van der Waals surface area contributed by atoms with E-state index >= 15 is 0 Å². The predicted octanol–water partition coefficient (Wildman–Crippen LogP) is 1.28. The highest BCUT2D eigenvalue weighted by atomic mass is 16.5. The molecule has 0 aliphatic rings. The predicted molar refractivity (Wildman–Crippen MR) is 73.7 cm³/mol. The zero-order valence-electron chi connectivity index (χ0n) is 11.1. The van der Waals surface area contributed by atoms with Gasteiger partial charge in [-0.2, -0.15) is 0 Å². The van der Waals surface area contributed by atoms with Crippen molar-refractivity contribution in [3.05, 3.63) is 42.5 Å². The highest BCUT2D eigenvalue weighted by Crippen LogP contribution is 2.12. The first-order valence-electron chi connectivity index (χ1n) is 5.95. The zero-order valence-corrected chi connectivity index (χ0v) is 11.1. The summed E-state index contributed by atoms with van der Waals surface area (Å²) in [6.45, 7) is 4.87. The van der Waals surface area contributed by atoms with Crippen LogP contribution in [0, 0.1) is 0 Å². The van der Waals surface area contributed by atoms with Gasteiger partial charge in [0, 0.05) is 12.1 Å². The number of nitrogens with one attached hydrogen (secondary N) is 2. The number of hydrogen-bond acceptors (Lipinski definition) is 4. The molecule has 0 aliphatic carbocycles. The second kappa shape index (κ2) is 7.73. The third kappa shape index (κ3) is 5.34. The Bertz CT molecular complexity index is 508. The van der Waals surface area contributed by atoms with Gasteiger partial charge in [-0.1, -0.05) is 6.08 Å². The fraction of sp³-hybridized carbons (Fsp3) is 0.214. The number of rotatable bonds is 6. The van der Waals surface area contributed by atoms with Crippen molar-refractivity contribution in [3.63, 3.8) is 0 Å². The first-order valence-corrected chi connectivity index (χ1v) is 5.95. The van der Waals surface area contributed by atoms with Crippen molar-refractivity contribution in [2.24, 2.45) is 0 Å². The van der Waals surface area contributed by atoms with Crippen LogP contribution in [0.4, 0.5) is 4.79 Å². The van der Waals surface area contributed by atoms with Crippen LogP contribution in [0.3, 0.4) is 0 Å². The quantitative estimate of drug-likeness (QED) is 0.605. The van der Waals surface area contributed by atoms with E-state index in [1.807, 2.05) is 0 Å². The number of hydrogen-bond donors (Lipinski definition) is 2. The van der Waals surface area contributed by atoms with Gasteiger partial charge < -0.3 is 10.1 Å². The maximum atomic E-state index is 11.4. The van der Waals surface area contributed by atoms with E-state index in [2.05, 4.69) is 17.2 Å². The molecule has 0 bridgehead atoms. The van der Waals surface area contributed by atoms with Crippen molar-refractivity contribution >= 4 is 17.7 Å². The molecule has 2 N–H and O–H groups in total. The van der Waals surface area contributed by atoms with Crippen molar-refractivity contribution in [1.82, 2.24) is 10.6 Å². The van der Waals surface area contributed by atoms with Crippen LogP contribution in [0.15, 0.2) is 36.9 Å². The molecule has 1 rings (SSSR count). The van der Waals surface area contributed by atoms with Crippen LogP contribution in [0.2, 0.25) is 0 Å². The van der Waals surface area contributed by atoms with Crippen LogP contribution in [0.1, 0.15) is 17.3 Å². The SMILES string of the molecule is C=CCNC(=O)NC(=O)COc1ccc(C(C)=O)cc1. The molecule has 1 aromatic rings. The number of ether oxygens (including phenoxy) is 1. The summed E-state index contributed by atoms with van der Waals surface area (Å²) in [5, 5.41) is 4.50. The molecule has 0 unspecified atom stereocenters. The molecule has 6 nitrogen and oxygen atoms in total. The lowest BCUT2D eigenvalue weighted by Gasteiger charge is -2.07. The Morgan fingerprint density at radius 3 is 2.45 bits per heavy atom. The molecule has 0 aliphatic heterocycles. The Labute approximate surface area is 116 Å². The molecule has 20 heavy (non-hydrogen) atoms. The Morgan fingerprint density at radius 2 is 1.90 bits per heavy atom. The molecule has 0 atom stereocenters. The first-order chi connectivity index (χ1) is 9.52. The Balaban J connectivity index is 2.38. The molecule has 6 heteroatoms. The van der Waals surface area contributed by atoms with E-state index in [0.29, 0.717) is 11.3 Å². The molecule has 0 saturated heterocycles. The van der Waals surface area contributed by atoms with Gasteiger partial charge in [0.15, 0.2) is 12.4 Å². The molecule has 0 spiro atoms. The molecule has 0 fully saturated rings. The minimum absolute atomic E-state index is 0.0480. The maximum Gasteiger partial charge on any atom is 0.321 e. The van der Waals surface area contributed by atoms with Gasteiger partial charge in [0.25, 0.3) is 5.91 Å². The first kappa shape index (κ1) is 15.4. The topological polar surface area (TPSA) is 84.5 Å². The van der Waals surface area contributed by atoms with Gasteiger partial charge in [-0.15, -0.1) is 6.58 Å². The van der Waals surface area contributed by atoms with Crippen LogP contribution < -0.4 is 15.4 Å². The number of Topliss-reactive ketones (excluding diaryl/α,β-unsaturated/α-hetero) is 1. The second-order valence-electron chi connectivity index (χ2n) is 3.92. The smallest absolute Gasteiger partial charge is 0.321 e. The second-order valence-corrected chi connectivity index (χ2v) is 3.92. The molecule has 1 aromatic carbocycles. The highest BCUT2D eigenvalue weighted by molar-refractivity contribution is 5.95. The summed E-state index contributed by atoms with van der Waals surface area (Å²) >= 11 is 0. The summed E-state index contributed by atoms with van der Waals surface area (Å²) in [7, 11) is 0. The third-order valence-corrected chi connectivity index (χ3v) is 2.29. The van der Waals surface area contributed by atoms with Crippen LogP contribution in [0.5, 0.6) is 5.75 Å². The highest BCUT2D eigenvalue weighted by Gasteiger charge is 2.07. The molecule has 0 aromatic heterocycles. The molecule has 0 radical (unpaired) electrons. The van der Waals surface area contributed by atoms with E-state index < -0.39 is 11.9 Å². The van der Waals surface area contributed by atoms with E-state index in [9.17, 15) is 14.4 Å². The van der Waals surface area contributed by atoms with Crippen LogP contribution >= 0.6 is 0 Å². The zero-order chi connectivity index (χ0) is 15.0. The minimum Gasteiger partial charge on any atom is -0.484 e. The van der Waals surface area contributed by atoms with Crippen molar-refractivity contribution < 1.29 is 19.1 Å². The summed E-state index contributed by atoms with van der Waals surface area (Å²) in [5.74, 6) is -0.174. The molecule has 3 amide bonds.